The van der Waals surface area contributed by atoms with Crippen molar-refractivity contribution in [2.45, 2.75) is 52.0 Å². The molecule has 1 saturated carbocycles. The Balaban J connectivity index is 2.25. The molecule has 0 bridgehead atoms. The van der Waals surface area contributed by atoms with Gasteiger partial charge in [-0.15, -0.1) is 11.3 Å². The van der Waals surface area contributed by atoms with Crippen molar-refractivity contribution in [3.05, 3.63) is 16.1 Å². The highest BCUT2D eigenvalue weighted by atomic mass is 32.1. The molecule has 2 atom stereocenters. The molecule has 1 aliphatic carbocycles. The molecule has 2 rings (SSSR count). The van der Waals surface area contributed by atoms with Gasteiger partial charge in [0.25, 0.3) is 0 Å². The monoisotopic (exact) mass is 224 g/mol. The van der Waals surface area contributed by atoms with Crippen LogP contribution in [0.4, 0.5) is 0 Å². The third kappa shape index (κ3) is 2.23. The average molecular weight is 224 g/mol. The van der Waals surface area contributed by atoms with Crippen LogP contribution in [-0.2, 0) is 0 Å². The molecule has 3 heteroatoms. The van der Waals surface area contributed by atoms with E-state index in [0.717, 1.165) is 12.8 Å². The summed E-state index contributed by atoms with van der Waals surface area (Å²) in [4.78, 5) is 4.63. The molecule has 1 aromatic rings. The summed E-state index contributed by atoms with van der Waals surface area (Å²) in [5.74, 6) is 0.547. The van der Waals surface area contributed by atoms with Crippen molar-refractivity contribution in [1.29, 1.82) is 0 Å². The zero-order valence-electron chi connectivity index (χ0n) is 9.79. The molecule has 1 aliphatic rings. The molecular formula is C12H20N2S. The second-order valence-electron chi connectivity index (χ2n) is 5.37. The predicted octanol–water partition coefficient (Wildman–Crippen LogP) is 3.07. The molecular weight excluding hydrogens is 204 g/mol. The van der Waals surface area contributed by atoms with Crippen LogP contribution >= 0.6 is 11.3 Å². The zero-order chi connectivity index (χ0) is 11.1. The van der Waals surface area contributed by atoms with Gasteiger partial charge in [0, 0.05) is 17.3 Å². The van der Waals surface area contributed by atoms with Gasteiger partial charge in [-0.2, -0.15) is 0 Å². The van der Waals surface area contributed by atoms with E-state index in [1.54, 1.807) is 11.3 Å². The standard InChI is InChI=1S/C12H20N2S/c1-8-14-11(7-15-8)10-6-9(13)4-5-12(10,2)3/h7,9-10H,4-6,13H2,1-3H3. The fourth-order valence-corrected chi connectivity index (χ4v) is 3.20. The Morgan fingerprint density at radius 1 is 1.53 bits per heavy atom. The van der Waals surface area contributed by atoms with Gasteiger partial charge in [-0.25, -0.2) is 4.98 Å². The van der Waals surface area contributed by atoms with Crippen molar-refractivity contribution in [3.63, 3.8) is 0 Å². The zero-order valence-corrected chi connectivity index (χ0v) is 10.6. The van der Waals surface area contributed by atoms with Gasteiger partial charge in [-0.3, -0.25) is 0 Å². The van der Waals surface area contributed by atoms with E-state index < -0.39 is 0 Å². The molecule has 15 heavy (non-hydrogen) atoms. The number of aromatic nitrogens is 1. The number of nitrogens with zero attached hydrogens (tertiary/aromatic N) is 1. The maximum Gasteiger partial charge on any atom is 0.0897 e. The second-order valence-corrected chi connectivity index (χ2v) is 6.43. The van der Waals surface area contributed by atoms with Crippen molar-refractivity contribution in [2.75, 3.05) is 0 Å². The molecule has 0 radical (unpaired) electrons. The summed E-state index contributed by atoms with van der Waals surface area (Å²) in [5, 5.41) is 3.37. The van der Waals surface area contributed by atoms with Crippen molar-refractivity contribution in [3.8, 4) is 0 Å². The number of rotatable bonds is 1. The summed E-state index contributed by atoms with van der Waals surface area (Å²) in [6, 6.07) is 0.366. The van der Waals surface area contributed by atoms with E-state index in [0.29, 0.717) is 17.4 Å². The number of hydrogen-bond acceptors (Lipinski definition) is 3. The number of nitrogens with two attached hydrogens (primary N) is 1. The first-order valence-corrected chi connectivity index (χ1v) is 6.54. The van der Waals surface area contributed by atoms with Crippen LogP contribution in [0.15, 0.2) is 5.38 Å². The summed E-state index contributed by atoms with van der Waals surface area (Å²) in [5.41, 5.74) is 7.69. The molecule has 0 spiro atoms. The lowest BCUT2D eigenvalue weighted by molar-refractivity contribution is 0.180. The molecule has 2 unspecified atom stereocenters. The van der Waals surface area contributed by atoms with Gasteiger partial charge >= 0.3 is 0 Å². The normalized spacial score (nSPS) is 30.4. The Hall–Kier alpha value is -0.410. The van der Waals surface area contributed by atoms with Gasteiger partial charge < -0.3 is 5.73 Å². The van der Waals surface area contributed by atoms with Crippen LogP contribution in [0, 0.1) is 12.3 Å². The highest BCUT2D eigenvalue weighted by Gasteiger charge is 2.37. The van der Waals surface area contributed by atoms with Crippen molar-refractivity contribution in [2.24, 2.45) is 11.1 Å². The van der Waals surface area contributed by atoms with E-state index >= 15 is 0 Å². The minimum Gasteiger partial charge on any atom is -0.328 e. The first kappa shape index (κ1) is 11.1. The number of thiazole rings is 1. The molecule has 1 fully saturated rings. The molecule has 1 heterocycles. The Kier molecular flexibility index (Phi) is 2.86. The lowest BCUT2D eigenvalue weighted by atomic mass is 9.66. The highest BCUT2D eigenvalue weighted by Crippen LogP contribution is 2.46. The summed E-state index contributed by atoms with van der Waals surface area (Å²) < 4.78 is 0. The molecule has 1 aromatic heterocycles. The Morgan fingerprint density at radius 2 is 2.27 bits per heavy atom. The van der Waals surface area contributed by atoms with Gasteiger partial charge in [-0.1, -0.05) is 13.8 Å². The summed E-state index contributed by atoms with van der Waals surface area (Å²) in [6.45, 7) is 6.76. The molecule has 84 valence electrons. The van der Waals surface area contributed by atoms with Crippen molar-refractivity contribution >= 4 is 11.3 Å². The minimum absolute atomic E-state index is 0.358. The lowest BCUT2D eigenvalue weighted by Crippen LogP contribution is -2.36. The first-order valence-electron chi connectivity index (χ1n) is 5.66. The number of aryl methyl sites for hydroxylation is 1. The van der Waals surface area contributed by atoms with E-state index in [9.17, 15) is 0 Å². The summed E-state index contributed by atoms with van der Waals surface area (Å²) >= 11 is 1.75. The third-order valence-corrected chi connectivity index (χ3v) is 4.43. The van der Waals surface area contributed by atoms with E-state index in [2.05, 4.69) is 31.1 Å². The fraction of sp³-hybridized carbons (Fsp3) is 0.750. The molecule has 0 amide bonds. The van der Waals surface area contributed by atoms with E-state index in [4.69, 9.17) is 5.73 Å². The van der Waals surface area contributed by atoms with Gasteiger partial charge in [-0.05, 0) is 31.6 Å². The van der Waals surface area contributed by atoms with E-state index in [1.165, 1.54) is 17.1 Å². The van der Waals surface area contributed by atoms with E-state index in [-0.39, 0.29) is 0 Å². The largest absolute Gasteiger partial charge is 0.328 e. The molecule has 0 aliphatic heterocycles. The topological polar surface area (TPSA) is 38.9 Å². The highest BCUT2D eigenvalue weighted by molar-refractivity contribution is 7.09. The number of hydrogen-bond donors (Lipinski definition) is 1. The van der Waals surface area contributed by atoms with Crippen LogP contribution in [0.25, 0.3) is 0 Å². The van der Waals surface area contributed by atoms with Gasteiger partial charge in [0.05, 0.1) is 10.7 Å². The fourth-order valence-electron chi connectivity index (χ4n) is 2.53. The van der Waals surface area contributed by atoms with E-state index in [1.807, 2.05) is 0 Å². The molecule has 0 saturated heterocycles. The molecule has 2 N–H and O–H groups in total. The summed E-state index contributed by atoms with van der Waals surface area (Å²) in [7, 11) is 0. The van der Waals surface area contributed by atoms with Gasteiger partial charge in [0.15, 0.2) is 0 Å². The Bertz CT molecular complexity index is 343. The maximum absolute atomic E-state index is 6.07. The SMILES string of the molecule is Cc1nc(C2CC(N)CCC2(C)C)cs1. The lowest BCUT2D eigenvalue weighted by Gasteiger charge is -2.40. The maximum atomic E-state index is 6.07. The Morgan fingerprint density at radius 3 is 2.87 bits per heavy atom. The van der Waals surface area contributed by atoms with Crippen LogP contribution < -0.4 is 5.73 Å². The van der Waals surface area contributed by atoms with Crippen molar-refractivity contribution < 1.29 is 0 Å². The third-order valence-electron chi connectivity index (χ3n) is 3.64. The minimum atomic E-state index is 0.358. The molecule has 2 nitrogen and oxygen atoms in total. The smallest absolute Gasteiger partial charge is 0.0897 e. The van der Waals surface area contributed by atoms with Crippen LogP contribution in [0.2, 0.25) is 0 Å². The average Bonchev–Trinajstić information content (AvgIpc) is 2.56. The van der Waals surface area contributed by atoms with Crippen LogP contribution in [0.5, 0.6) is 0 Å². The van der Waals surface area contributed by atoms with Crippen LogP contribution in [0.3, 0.4) is 0 Å². The van der Waals surface area contributed by atoms with Crippen LogP contribution in [-0.4, -0.2) is 11.0 Å². The quantitative estimate of drug-likeness (QED) is 0.796. The summed E-state index contributed by atoms with van der Waals surface area (Å²) in [6.07, 6.45) is 3.47. The van der Waals surface area contributed by atoms with Gasteiger partial charge in [0.2, 0.25) is 0 Å². The van der Waals surface area contributed by atoms with Crippen molar-refractivity contribution in [1.82, 2.24) is 4.98 Å². The van der Waals surface area contributed by atoms with Gasteiger partial charge in [0.1, 0.15) is 0 Å². The Labute approximate surface area is 95.9 Å². The van der Waals surface area contributed by atoms with Crippen LogP contribution in [0.1, 0.15) is 49.7 Å². The first-order chi connectivity index (χ1) is 6.99. The second kappa shape index (κ2) is 3.87. The molecule has 0 aromatic carbocycles. The predicted molar refractivity (Wildman–Crippen MR) is 65.2 cm³/mol.